The highest BCUT2D eigenvalue weighted by Crippen LogP contribution is 2.30. The zero-order valence-electron chi connectivity index (χ0n) is 16.4. The standard InChI is InChI=1S/C21H34N4O/c1-3-8-24-15-20-13-19(24)16-25(20)11-12-26-21-14-18(4-7-22-21)23-9-5-17(2)6-10-23/h4,7,14,17,19-20H,3,5-6,8-13,15-16H2,1-2H3/t19-,20-/m0/s1. The molecule has 26 heavy (non-hydrogen) atoms. The molecule has 3 aliphatic rings. The van der Waals surface area contributed by atoms with E-state index >= 15 is 0 Å². The van der Waals surface area contributed by atoms with Crippen molar-refractivity contribution in [3.63, 3.8) is 0 Å². The molecule has 0 spiro atoms. The average molecular weight is 359 g/mol. The van der Waals surface area contributed by atoms with Crippen molar-refractivity contribution in [2.45, 2.75) is 51.6 Å². The molecule has 0 radical (unpaired) electrons. The smallest absolute Gasteiger partial charge is 0.215 e. The second-order valence-corrected chi connectivity index (χ2v) is 8.40. The lowest BCUT2D eigenvalue weighted by atomic mass is 9.99. The molecule has 3 fully saturated rings. The van der Waals surface area contributed by atoms with E-state index in [4.69, 9.17) is 4.74 Å². The number of nitrogens with zero attached hydrogens (tertiary/aromatic N) is 4. The van der Waals surface area contributed by atoms with Gasteiger partial charge in [-0.05, 0) is 44.2 Å². The summed E-state index contributed by atoms with van der Waals surface area (Å²) in [6, 6.07) is 5.76. The molecule has 4 heterocycles. The number of aromatic nitrogens is 1. The van der Waals surface area contributed by atoms with E-state index in [-0.39, 0.29) is 0 Å². The minimum absolute atomic E-state index is 0.741. The van der Waals surface area contributed by atoms with E-state index in [9.17, 15) is 0 Å². The highest BCUT2D eigenvalue weighted by molar-refractivity contribution is 5.48. The summed E-state index contributed by atoms with van der Waals surface area (Å²) >= 11 is 0. The van der Waals surface area contributed by atoms with E-state index in [0.29, 0.717) is 0 Å². The summed E-state index contributed by atoms with van der Waals surface area (Å²) in [6.45, 7) is 12.4. The van der Waals surface area contributed by atoms with Crippen LogP contribution in [-0.2, 0) is 0 Å². The average Bonchev–Trinajstić information content (AvgIpc) is 3.23. The number of hydrogen-bond donors (Lipinski definition) is 0. The van der Waals surface area contributed by atoms with Crippen LogP contribution in [0.4, 0.5) is 5.69 Å². The molecule has 0 unspecified atom stereocenters. The first kappa shape index (κ1) is 18.1. The van der Waals surface area contributed by atoms with Gasteiger partial charge >= 0.3 is 0 Å². The van der Waals surface area contributed by atoms with Crippen LogP contribution in [0.1, 0.15) is 39.5 Å². The summed E-state index contributed by atoms with van der Waals surface area (Å²) < 4.78 is 6.01. The number of piperazine rings is 1. The van der Waals surface area contributed by atoms with Crippen LogP contribution in [0.3, 0.4) is 0 Å². The molecule has 0 aromatic carbocycles. The third-order valence-corrected chi connectivity index (χ3v) is 6.47. The van der Waals surface area contributed by atoms with Gasteiger partial charge in [-0.15, -0.1) is 0 Å². The fraction of sp³-hybridized carbons (Fsp3) is 0.762. The molecule has 3 saturated heterocycles. The van der Waals surface area contributed by atoms with E-state index in [2.05, 4.69) is 45.7 Å². The van der Waals surface area contributed by atoms with Crippen LogP contribution in [0.5, 0.6) is 5.88 Å². The largest absolute Gasteiger partial charge is 0.476 e. The van der Waals surface area contributed by atoms with Crippen molar-refractivity contribution in [2.24, 2.45) is 5.92 Å². The first-order valence-electron chi connectivity index (χ1n) is 10.5. The summed E-state index contributed by atoms with van der Waals surface area (Å²) in [7, 11) is 0. The van der Waals surface area contributed by atoms with Gasteiger partial charge < -0.3 is 9.64 Å². The molecule has 0 aliphatic carbocycles. The summed E-state index contributed by atoms with van der Waals surface area (Å²) in [6.07, 6.45) is 7.07. The molecule has 0 amide bonds. The normalized spacial score (nSPS) is 27.4. The Bertz CT molecular complexity index is 587. The fourth-order valence-corrected chi connectivity index (χ4v) is 4.88. The molecule has 4 rings (SSSR count). The quantitative estimate of drug-likeness (QED) is 0.748. The molecular formula is C21H34N4O. The third-order valence-electron chi connectivity index (χ3n) is 6.47. The second kappa shape index (κ2) is 8.13. The first-order chi connectivity index (χ1) is 12.7. The maximum Gasteiger partial charge on any atom is 0.215 e. The second-order valence-electron chi connectivity index (χ2n) is 8.40. The monoisotopic (exact) mass is 358 g/mol. The van der Waals surface area contributed by atoms with Crippen LogP contribution >= 0.6 is 0 Å². The molecule has 5 nitrogen and oxygen atoms in total. The van der Waals surface area contributed by atoms with Gasteiger partial charge in [0, 0.05) is 62.8 Å². The van der Waals surface area contributed by atoms with Gasteiger partial charge in [0.1, 0.15) is 6.61 Å². The van der Waals surface area contributed by atoms with Crippen LogP contribution in [-0.4, -0.2) is 72.7 Å². The molecule has 2 atom stereocenters. The number of hydrogen-bond acceptors (Lipinski definition) is 5. The molecule has 2 bridgehead atoms. The number of rotatable bonds is 7. The van der Waals surface area contributed by atoms with E-state index in [0.717, 1.165) is 50.1 Å². The van der Waals surface area contributed by atoms with E-state index in [1.807, 2.05) is 6.20 Å². The topological polar surface area (TPSA) is 31.8 Å². The molecule has 1 aromatic rings. The Kier molecular flexibility index (Phi) is 5.65. The maximum absolute atomic E-state index is 6.01. The van der Waals surface area contributed by atoms with Gasteiger partial charge in [-0.2, -0.15) is 0 Å². The molecule has 5 heteroatoms. The van der Waals surface area contributed by atoms with Crippen LogP contribution in [0, 0.1) is 5.92 Å². The number of fused-ring (bicyclic) bond motifs is 2. The Labute approximate surface area is 158 Å². The zero-order valence-corrected chi connectivity index (χ0v) is 16.4. The Balaban J connectivity index is 1.24. The van der Waals surface area contributed by atoms with Crippen molar-refractivity contribution in [2.75, 3.05) is 50.8 Å². The summed E-state index contributed by atoms with van der Waals surface area (Å²) in [4.78, 5) is 12.2. The fourth-order valence-electron chi connectivity index (χ4n) is 4.88. The lowest BCUT2D eigenvalue weighted by molar-refractivity contribution is 0.112. The minimum atomic E-state index is 0.741. The van der Waals surface area contributed by atoms with Crippen molar-refractivity contribution in [3.8, 4) is 5.88 Å². The van der Waals surface area contributed by atoms with Crippen molar-refractivity contribution in [1.82, 2.24) is 14.8 Å². The van der Waals surface area contributed by atoms with Gasteiger partial charge in [0.15, 0.2) is 0 Å². The van der Waals surface area contributed by atoms with Crippen LogP contribution in [0.2, 0.25) is 0 Å². The van der Waals surface area contributed by atoms with Crippen molar-refractivity contribution in [3.05, 3.63) is 18.3 Å². The maximum atomic E-state index is 6.01. The third kappa shape index (κ3) is 3.99. The van der Waals surface area contributed by atoms with Gasteiger partial charge in [0.25, 0.3) is 0 Å². The first-order valence-corrected chi connectivity index (χ1v) is 10.5. The molecule has 3 aliphatic heterocycles. The number of anilines is 1. The lowest BCUT2D eigenvalue weighted by Crippen LogP contribution is -2.47. The van der Waals surface area contributed by atoms with Crippen molar-refractivity contribution in [1.29, 1.82) is 0 Å². The summed E-state index contributed by atoms with van der Waals surface area (Å²) in [5.41, 5.74) is 1.26. The molecule has 144 valence electrons. The molecule has 0 N–H and O–H groups in total. The minimum Gasteiger partial charge on any atom is -0.476 e. The predicted molar refractivity (Wildman–Crippen MR) is 106 cm³/mol. The molecular weight excluding hydrogens is 324 g/mol. The van der Waals surface area contributed by atoms with Gasteiger partial charge in [-0.1, -0.05) is 13.8 Å². The molecule has 0 saturated carbocycles. The zero-order chi connectivity index (χ0) is 17.9. The van der Waals surface area contributed by atoms with Gasteiger partial charge in [0.05, 0.1) is 0 Å². The molecule has 1 aromatic heterocycles. The SMILES string of the molecule is CCCN1C[C@@H]2C[C@H]1CN2CCOc1cc(N2CCC(C)CC2)ccn1. The van der Waals surface area contributed by atoms with Crippen LogP contribution < -0.4 is 9.64 Å². The van der Waals surface area contributed by atoms with Crippen LogP contribution in [0.25, 0.3) is 0 Å². The number of piperidine rings is 1. The van der Waals surface area contributed by atoms with Gasteiger partial charge in [0.2, 0.25) is 5.88 Å². The van der Waals surface area contributed by atoms with Crippen LogP contribution in [0.15, 0.2) is 18.3 Å². The van der Waals surface area contributed by atoms with Gasteiger partial charge in [-0.25, -0.2) is 4.98 Å². The Morgan fingerprint density at radius 2 is 1.85 bits per heavy atom. The summed E-state index contributed by atoms with van der Waals surface area (Å²) in [5.74, 6) is 1.63. The van der Waals surface area contributed by atoms with E-state index in [1.54, 1.807) is 0 Å². The number of ether oxygens (including phenoxy) is 1. The highest BCUT2D eigenvalue weighted by atomic mass is 16.5. The Morgan fingerprint density at radius 1 is 1.12 bits per heavy atom. The summed E-state index contributed by atoms with van der Waals surface area (Å²) in [5, 5.41) is 0. The van der Waals surface area contributed by atoms with E-state index in [1.165, 1.54) is 51.0 Å². The van der Waals surface area contributed by atoms with Gasteiger partial charge in [-0.3, -0.25) is 9.80 Å². The predicted octanol–water partition coefficient (Wildman–Crippen LogP) is 2.87. The van der Waals surface area contributed by atoms with E-state index < -0.39 is 0 Å². The lowest BCUT2D eigenvalue weighted by Gasteiger charge is -2.34. The number of likely N-dealkylation sites (tertiary alicyclic amines) is 2. The Morgan fingerprint density at radius 3 is 2.54 bits per heavy atom. The number of pyridine rings is 1. The van der Waals surface area contributed by atoms with Crippen molar-refractivity contribution >= 4 is 5.69 Å². The highest BCUT2D eigenvalue weighted by Gasteiger charge is 2.42. The Hall–Kier alpha value is -1.33. The van der Waals surface area contributed by atoms with Crippen molar-refractivity contribution < 1.29 is 4.74 Å².